The van der Waals surface area contributed by atoms with E-state index in [-0.39, 0.29) is 0 Å². The Balaban J connectivity index is 1.02. The second kappa shape index (κ2) is 13.4. The maximum Gasteiger partial charge on any atom is 0.0467 e. The summed E-state index contributed by atoms with van der Waals surface area (Å²) in [5, 5.41) is 10.3. The quantitative estimate of drug-likeness (QED) is 0.154. The van der Waals surface area contributed by atoms with Crippen LogP contribution < -0.4 is 4.90 Å². The van der Waals surface area contributed by atoms with Gasteiger partial charge in [-0.25, -0.2) is 0 Å². The smallest absolute Gasteiger partial charge is 0.0467 e. The Morgan fingerprint density at radius 3 is 1.62 bits per heavy atom. The highest BCUT2D eigenvalue weighted by molar-refractivity contribution is 7.25. The van der Waals surface area contributed by atoms with Gasteiger partial charge in [-0.2, -0.15) is 0 Å². The number of hydrogen-bond donors (Lipinski definition) is 0. The second-order valence-corrected chi connectivity index (χ2v) is 15.6. The molecule has 0 atom stereocenters. The summed E-state index contributed by atoms with van der Waals surface area (Å²) in [4.78, 5) is 2.38. The monoisotopic (exact) mass is 729 g/mol. The summed E-state index contributed by atoms with van der Waals surface area (Å²) in [6.07, 6.45) is 0. The molecule has 1 nitrogen and oxygen atoms in total. The van der Waals surface area contributed by atoms with Crippen molar-refractivity contribution in [1.82, 2.24) is 0 Å². The molecule has 0 N–H and O–H groups in total. The minimum atomic E-state index is 1.11. The van der Waals surface area contributed by atoms with E-state index < -0.39 is 0 Å². The molecule has 262 valence electrons. The molecule has 0 unspecified atom stereocenters. The molecule has 0 aliphatic heterocycles. The Kier molecular flexibility index (Phi) is 7.75. The maximum absolute atomic E-state index is 2.38. The van der Waals surface area contributed by atoms with Crippen LogP contribution in [0.15, 0.2) is 212 Å². The van der Waals surface area contributed by atoms with Crippen molar-refractivity contribution in [3.05, 3.63) is 212 Å². The van der Waals surface area contributed by atoms with E-state index in [1.54, 1.807) is 0 Å². The van der Waals surface area contributed by atoms with E-state index in [0.29, 0.717) is 0 Å². The molecule has 0 fully saturated rings. The second-order valence-electron chi connectivity index (χ2n) is 14.5. The van der Waals surface area contributed by atoms with Crippen LogP contribution in [0, 0.1) is 0 Å². The Labute approximate surface area is 330 Å². The first kappa shape index (κ1) is 32.4. The fourth-order valence-electron chi connectivity index (χ4n) is 8.51. The zero-order valence-electron chi connectivity index (χ0n) is 30.6. The number of thiophene rings is 1. The van der Waals surface area contributed by atoms with Gasteiger partial charge in [0.15, 0.2) is 0 Å². The van der Waals surface area contributed by atoms with Crippen molar-refractivity contribution in [3.63, 3.8) is 0 Å². The van der Waals surface area contributed by atoms with Gasteiger partial charge in [0.25, 0.3) is 0 Å². The van der Waals surface area contributed by atoms with Gasteiger partial charge in [0.1, 0.15) is 0 Å². The number of anilines is 3. The van der Waals surface area contributed by atoms with Gasteiger partial charge in [-0.15, -0.1) is 11.3 Å². The molecule has 11 rings (SSSR count). The van der Waals surface area contributed by atoms with Crippen molar-refractivity contribution in [2.24, 2.45) is 0 Å². The van der Waals surface area contributed by atoms with Gasteiger partial charge in [0.05, 0.1) is 0 Å². The lowest BCUT2D eigenvalue weighted by Gasteiger charge is -2.26. The average Bonchev–Trinajstić information content (AvgIpc) is 3.66. The van der Waals surface area contributed by atoms with E-state index in [2.05, 4.69) is 217 Å². The van der Waals surface area contributed by atoms with Crippen LogP contribution in [0.4, 0.5) is 17.1 Å². The van der Waals surface area contributed by atoms with E-state index in [0.717, 1.165) is 17.1 Å². The summed E-state index contributed by atoms with van der Waals surface area (Å²) in [6.45, 7) is 0. The lowest BCUT2D eigenvalue weighted by molar-refractivity contribution is 1.28. The van der Waals surface area contributed by atoms with Crippen LogP contribution in [0.25, 0.3) is 85.9 Å². The summed E-state index contributed by atoms with van der Waals surface area (Å²) in [5.41, 5.74) is 10.6. The van der Waals surface area contributed by atoms with Crippen molar-refractivity contribution in [2.45, 2.75) is 0 Å². The SMILES string of the molecule is c1ccc(-c2ccc(N(c3ccc(-c4ccc5ccc6c7ccccc7ccc6c5c4)cc3)c3cccc(-c4cccc5sc6ccccc6c45)c3)cc2)cc1. The number of fused-ring (bicyclic) bond motifs is 8. The molecule has 56 heavy (non-hydrogen) atoms. The molecule has 0 radical (unpaired) electrons. The molecule has 0 saturated heterocycles. The molecular formula is C54H35NS. The normalized spacial score (nSPS) is 11.6. The maximum atomic E-state index is 2.38. The van der Waals surface area contributed by atoms with Crippen molar-refractivity contribution in [2.75, 3.05) is 4.90 Å². The number of rotatable bonds is 6. The Hall–Kier alpha value is -7.00. The molecule has 1 aromatic heterocycles. The highest BCUT2D eigenvalue weighted by atomic mass is 32.1. The van der Waals surface area contributed by atoms with Crippen molar-refractivity contribution >= 4 is 80.9 Å². The Bertz CT molecular complexity index is 3230. The number of nitrogens with zero attached hydrogens (tertiary/aromatic N) is 1. The zero-order valence-corrected chi connectivity index (χ0v) is 31.4. The first-order chi connectivity index (χ1) is 27.7. The molecule has 11 aromatic rings. The molecule has 0 amide bonds. The van der Waals surface area contributed by atoms with E-state index in [4.69, 9.17) is 0 Å². The molecule has 2 heteroatoms. The molecule has 0 aliphatic carbocycles. The van der Waals surface area contributed by atoms with Gasteiger partial charge >= 0.3 is 0 Å². The molecule has 0 saturated carbocycles. The Morgan fingerprint density at radius 1 is 0.286 bits per heavy atom. The van der Waals surface area contributed by atoms with Crippen LogP contribution in [0.2, 0.25) is 0 Å². The summed E-state index contributed by atoms with van der Waals surface area (Å²) in [5.74, 6) is 0. The third-order valence-electron chi connectivity index (χ3n) is 11.3. The first-order valence-corrected chi connectivity index (χ1v) is 20.0. The van der Waals surface area contributed by atoms with Crippen molar-refractivity contribution in [3.8, 4) is 33.4 Å². The topological polar surface area (TPSA) is 3.24 Å². The number of hydrogen-bond acceptors (Lipinski definition) is 2. The van der Waals surface area contributed by atoms with E-state index in [9.17, 15) is 0 Å². The number of benzene rings is 10. The predicted octanol–water partition coefficient (Wildman–Crippen LogP) is 16.0. The minimum absolute atomic E-state index is 1.11. The third kappa shape index (κ3) is 5.54. The van der Waals surface area contributed by atoms with Crippen LogP contribution in [0.1, 0.15) is 0 Å². The largest absolute Gasteiger partial charge is 0.310 e. The van der Waals surface area contributed by atoms with Crippen LogP contribution in [-0.2, 0) is 0 Å². The van der Waals surface area contributed by atoms with Crippen LogP contribution in [0.3, 0.4) is 0 Å². The van der Waals surface area contributed by atoms with E-state index in [1.165, 1.54) is 85.9 Å². The van der Waals surface area contributed by atoms with Gasteiger partial charge in [-0.1, -0.05) is 158 Å². The molecule has 1 heterocycles. The van der Waals surface area contributed by atoms with Crippen molar-refractivity contribution < 1.29 is 0 Å². The van der Waals surface area contributed by atoms with Crippen LogP contribution in [-0.4, -0.2) is 0 Å². The highest BCUT2D eigenvalue weighted by Gasteiger charge is 2.17. The summed E-state index contributed by atoms with van der Waals surface area (Å²) >= 11 is 1.86. The van der Waals surface area contributed by atoms with Gasteiger partial charge < -0.3 is 4.90 Å². The van der Waals surface area contributed by atoms with Crippen LogP contribution >= 0.6 is 11.3 Å². The average molecular weight is 730 g/mol. The molecular weight excluding hydrogens is 695 g/mol. The van der Waals surface area contributed by atoms with Crippen molar-refractivity contribution in [1.29, 1.82) is 0 Å². The van der Waals surface area contributed by atoms with Crippen LogP contribution in [0.5, 0.6) is 0 Å². The lowest BCUT2D eigenvalue weighted by atomic mass is 9.94. The van der Waals surface area contributed by atoms with E-state index in [1.807, 2.05) is 11.3 Å². The molecule has 0 aliphatic rings. The first-order valence-electron chi connectivity index (χ1n) is 19.2. The lowest BCUT2D eigenvalue weighted by Crippen LogP contribution is -2.10. The summed E-state index contributed by atoms with van der Waals surface area (Å²) in [7, 11) is 0. The fraction of sp³-hybridized carbons (Fsp3) is 0. The summed E-state index contributed by atoms with van der Waals surface area (Å²) in [6, 6.07) is 77.7. The van der Waals surface area contributed by atoms with E-state index >= 15 is 0 Å². The highest BCUT2D eigenvalue weighted by Crippen LogP contribution is 2.43. The fourth-order valence-corrected chi connectivity index (χ4v) is 9.64. The predicted molar refractivity (Wildman–Crippen MR) is 243 cm³/mol. The molecule has 0 bridgehead atoms. The molecule has 10 aromatic carbocycles. The minimum Gasteiger partial charge on any atom is -0.310 e. The zero-order chi connectivity index (χ0) is 37.0. The molecule has 0 spiro atoms. The summed E-state index contributed by atoms with van der Waals surface area (Å²) < 4.78 is 2.63. The van der Waals surface area contributed by atoms with Gasteiger partial charge in [0, 0.05) is 37.2 Å². The standard InChI is InChI=1S/C54H35NS/c1-2-10-36(11-3-1)37-22-28-43(29-23-37)55(45-14-8-13-42(34-45)47-17-9-19-53-54(47)50-16-6-7-18-52(50)56-53)44-30-24-38(25-31-44)41-21-20-40-27-32-48-46-15-5-4-12-39(46)26-33-49(48)51(40)35-41/h1-35H. The van der Waals surface area contributed by atoms with Gasteiger partial charge in [-0.3, -0.25) is 0 Å². The Morgan fingerprint density at radius 2 is 0.839 bits per heavy atom. The third-order valence-corrected chi connectivity index (χ3v) is 12.4. The van der Waals surface area contributed by atoms with Gasteiger partial charge in [-0.05, 0) is 120 Å². The van der Waals surface area contributed by atoms with Gasteiger partial charge in [0.2, 0.25) is 0 Å².